The zero-order valence-corrected chi connectivity index (χ0v) is 14.8. The number of rotatable bonds is 7. The number of aromatic nitrogens is 2. The quantitative estimate of drug-likeness (QED) is 0.797. The molecule has 2 heterocycles. The van der Waals surface area contributed by atoms with Crippen LogP contribution >= 0.6 is 0 Å². The maximum Gasteiger partial charge on any atom is 0.316 e. The van der Waals surface area contributed by atoms with E-state index in [1.54, 1.807) is 14.0 Å². The van der Waals surface area contributed by atoms with Crippen LogP contribution in [-0.4, -0.2) is 29.9 Å². The number of hydrogen-bond donors (Lipinski definition) is 2. The van der Waals surface area contributed by atoms with E-state index in [-0.39, 0.29) is 12.1 Å². The number of carbonyl (C=O) groups is 1. The third-order valence-electron chi connectivity index (χ3n) is 4.53. The van der Waals surface area contributed by atoms with Gasteiger partial charge in [-0.2, -0.15) is 4.98 Å². The minimum absolute atomic E-state index is 0.307. The average molecular weight is 348 g/mol. The van der Waals surface area contributed by atoms with Crippen LogP contribution in [0.15, 0.2) is 21.1 Å². The molecule has 1 unspecified atom stereocenters. The molecular formula is C17H24N4O4. The molecule has 0 radical (unpaired) electrons. The highest BCUT2D eigenvalue weighted by atomic mass is 16.5. The lowest BCUT2D eigenvalue weighted by atomic mass is 9.76. The molecule has 1 atom stereocenters. The summed E-state index contributed by atoms with van der Waals surface area (Å²) >= 11 is 0. The maximum absolute atomic E-state index is 12.6. The van der Waals surface area contributed by atoms with Gasteiger partial charge in [-0.3, -0.25) is 0 Å². The normalized spacial score (nSPS) is 16.9. The Kier molecular flexibility index (Phi) is 5.08. The van der Waals surface area contributed by atoms with Gasteiger partial charge in [0, 0.05) is 20.5 Å². The molecule has 0 saturated heterocycles. The smallest absolute Gasteiger partial charge is 0.316 e. The Balaban J connectivity index is 1.68. The van der Waals surface area contributed by atoms with Crippen molar-refractivity contribution in [1.82, 2.24) is 20.8 Å². The summed E-state index contributed by atoms with van der Waals surface area (Å²) in [6.07, 6.45) is 3.38. The Morgan fingerprint density at radius 2 is 2.24 bits per heavy atom. The van der Waals surface area contributed by atoms with E-state index in [1.165, 1.54) is 0 Å². The van der Waals surface area contributed by atoms with E-state index in [1.807, 2.05) is 19.1 Å². The van der Waals surface area contributed by atoms with Gasteiger partial charge >= 0.3 is 6.03 Å². The molecule has 1 saturated carbocycles. The molecule has 0 bridgehead atoms. The highest BCUT2D eigenvalue weighted by Gasteiger charge is 2.44. The second-order valence-corrected chi connectivity index (χ2v) is 6.34. The number of amides is 2. The fraction of sp³-hybridized carbons (Fsp3) is 0.588. The third-order valence-corrected chi connectivity index (χ3v) is 4.53. The Morgan fingerprint density at radius 1 is 1.44 bits per heavy atom. The van der Waals surface area contributed by atoms with Gasteiger partial charge in [0.25, 0.3) is 0 Å². The standard InChI is InChI=1S/C17H24N4O4/c1-4-12-6-7-14(24-12)13(10-23-3)19-16(22)20-17(8-5-9-17)15-18-11(2)25-21-15/h6-7,13H,4-5,8-10H2,1-3H3,(H2,19,20,22). The van der Waals surface area contributed by atoms with Crippen LogP contribution in [0.2, 0.25) is 0 Å². The van der Waals surface area contributed by atoms with Crippen LogP contribution in [0.5, 0.6) is 0 Å². The molecule has 2 N–H and O–H groups in total. The predicted molar refractivity (Wildman–Crippen MR) is 88.9 cm³/mol. The topological polar surface area (TPSA) is 102 Å². The number of ether oxygens (including phenoxy) is 1. The van der Waals surface area contributed by atoms with Crippen LogP contribution in [0.25, 0.3) is 0 Å². The first-order valence-electron chi connectivity index (χ1n) is 8.53. The second-order valence-electron chi connectivity index (χ2n) is 6.34. The molecule has 2 amide bonds. The van der Waals surface area contributed by atoms with Crippen molar-refractivity contribution in [2.24, 2.45) is 0 Å². The zero-order chi connectivity index (χ0) is 17.9. The monoisotopic (exact) mass is 348 g/mol. The van der Waals surface area contributed by atoms with E-state index in [9.17, 15) is 4.79 Å². The number of aryl methyl sites for hydroxylation is 2. The van der Waals surface area contributed by atoms with Gasteiger partial charge in [0.15, 0.2) is 5.82 Å². The van der Waals surface area contributed by atoms with Crippen LogP contribution in [0.3, 0.4) is 0 Å². The van der Waals surface area contributed by atoms with Crippen molar-refractivity contribution in [2.45, 2.75) is 51.1 Å². The van der Waals surface area contributed by atoms with Gasteiger partial charge in [-0.05, 0) is 31.4 Å². The van der Waals surface area contributed by atoms with Crippen LogP contribution in [-0.2, 0) is 16.7 Å². The third kappa shape index (κ3) is 3.68. The first-order valence-corrected chi connectivity index (χ1v) is 8.53. The second kappa shape index (κ2) is 7.26. The first-order chi connectivity index (χ1) is 12.1. The van der Waals surface area contributed by atoms with E-state index >= 15 is 0 Å². The van der Waals surface area contributed by atoms with Crippen molar-refractivity contribution < 1.29 is 18.5 Å². The lowest BCUT2D eigenvalue weighted by molar-refractivity contribution is 0.142. The molecule has 1 aliphatic carbocycles. The number of hydrogen-bond acceptors (Lipinski definition) is 6. The lowest BCUT2D eigenvalue weighted by Crippen LogP contribution is -2.55. The van der Waals surface area contributed by atoms with Crippen LogP contribution in [0.4, 0.5) is 4.79 Å². The van der Waals surface area contributed by atoms with Gasteiger partial charge in [-0.25, -0.2) is 4.79 Å². The molecule has 1 aliphatic rings. The first kappa shape index (κ1) is 17.5. The maximum atomic E-state index is 12.6. The van der Waals surface area contributed by atoms with Gasteiger partial charge in [-0.1, -0.05) is 12.1 Å². The molecule has 2 aromatic heterocycles. The Labute approximate surface area is 146 Å². The predicted octanol–water partition coefficient (Wildman–Crippen LogP) is 2.60. The summed E-state index contributed by atoms with van der Waals surface area (Å²) in [5, 5.41) is 9.90. The number of furan rings is 1. The van der Waals surface area contributed by atoms with E-state index in [2.05, 4.69) is 20.8 Å². The molecular weight excluding hydrogens is 324 g/mol. The Bertz CT molecular complexity index is 720. The van der Waals surface area contributed by atoms with Gasteiger partial charge in [0.1, 0.15) is 23.1 Å². The van der Waals surface area contributed by atoms with Crippen molar-refractivity contribution in [3.63, 3.8) is 0 Å². The van der Waals surface area contributed by atoms with Crippen molar-refractivity contribution in [3.8, 4) is 0 Å². The summed E-state index contributed by atoms with van der Waals surface area (Å²) < 4.78 is 16.0. The summed E-state index contributed by atoms with van der Waals surface area (Å²) in [5.41, 5.74) is -0.558. The SMILES string of the molecule is CCc1ccc(C(COC)NC(=O)NC2(c3noc(C)n3)CCC2)o1. The van der Waals surface area contributed by atoms with E-state index in [0.29, 0.717) is 24.1 Å². The molecule has 8 nitrogen and oxygen atoms in total. The van der Waals surface area contributed by atoms with Crippen LogP contribution in [0.1, 0.15) is 55.5 Å². The molecule has 0 aromatic carbocycles. The minimum Gasteiger partial charge on any atom is -0.464 e. The molecule has 3 rings (SSSR count). The lowest BCUT2D eigenvalue weighted by Gasteiger charge is -2.39. The molecule has 0 aliphatic heterocycles. The van der Waals surface area contributed by atoms with E-state index in [0.717, 1.165) is 31.4 Å². The molecule has 2 aromatic rings. The van der Waals surface area contributed by atoms with Crippen molar-refractivity contribution >= 4 is 6.03 Å². The summed E-state index contributed by atoms with van der Waals surface area (Å²) in [6.45, 7) is 4.07. The van der Waals surface area contributed by atoms with Crippen molar-refractivity contribution in [3.05, 3.63) is 35.4 Å². The Hall–Kier alpha value is -2.35. The molecule has 0 spiro atoms. The van der Waals surface area contributed by atoms with E-state index < -0.39 is 5.54 Å². The highest BCUT2D eigenvalue weighted by molar-refractivity contribution is 5.75. The van der Waals surface area contributed by atoms with Crippen LogP contribution < -0.4 is 10.6 Å². The van der Waals surface area contributed by atoms with Crippen LogP contribution in [0, 0.1) is 6.92 Å². The fourth-order valence-corrected chi connectivity index (χ4v) is 2.97. The molecule has 25 heavy (non-hydrogen) atoms. The summed E-state index contributed by atoms with van der Waals surface area (Å²) in [4.78, 5) is 16.8. The number of nitrogens with one attached hydrogen (secondary N) is 2. The summed E-state index contributed by atoms with van der Waals surface area (Å²) in [6, 6.07) is 3.10. The average Bonchev–Trinajstić information content (AvgIpc) is 3.19. The number of carbonyl (C=O) groups excluding carboxylic acids is 1. The zero-order valence-electron chi connectivity index (χ0n) is 14.8. The molecule has 1 fully saturated rings. The van der Waals surface area contributed by atoms with Gasteiger partial charge in [-0.15, -0.1) is 0 Å². The Morgan fingerprint density at radius 3 is 2.76 bits per heavy atom. The number of methoxy groups -OCH3 is 1. The summed E-state index contributed by atoms with van der Waals surface area (Å²) in [5.74, 6) is 2.56. The van der Waals surface area contributed by atoms with Gasteiger partial charge in [0.05, 0.1) is 6.61 Å². The molecule has 136 valence electrons. The highest BCUT2D eigenvalue weighted by Crippen LogP contribution is 2.39. The number of nitrogens with zero attached hydrogens (tertiary/aromatic N) is 2. The summed E-state index contributed by atoms with van der Waals surface area (Å²) in [7, 11) is 1.59. The number of urea groups is 1. The fourth-order valence-electron chi connectivity index (χ4n) is 2.97. The van der Waals surface area contributed by atoms with Gasteiger partial charge in [0.2, 0.25) is 5.89 Å². The van der Waals surface area contributed by atoms with Crippen molar-refractivity contribution in [1.29, 1.82) is 0 Å². The van der Waals surface area contributed by atoms with Gasteiger partial charge < -0.3 is 24.3 Å². The van der Waals surface area contributed by atoms with Crippen molar-refractivity contribution in [2.75, 3.05) is 13.7 Å². The van der Waals surface area contributed by atoms with E-state index in [4.69, 9.17) is 13.7 Å². The molecule has 8 heteroatoms. The largest absolute Gasteiger partial charge is 0.464 e. The minimum atomic E-state index is -0.558.